The minimum atomic E-state index is -0.0901. The highest BCUT2D eigenvalue weighted by Crippen LogP contribution is 2.21. The van der Waals surface area contributed by atoms with Crippen LogP contribution in [0.15, 0.2) is 48.5 Å². The Balaban J connectivity index is 1.45. The summed E-state index contributed by atoms with van der Waals surface area (Å²) in [4.78, 5) is 29.2. The van der Waals surface area contributed by atoms with Gasteiger partial charge in [0.25, 0.3) is 5.91 Å². The van der Waals surface area contributed by atoms with Crippen molar-refractivity contribution in [3.63, 3.8) is 0 Å². The van der Waals surface area contributed by atoms with Gasteiger partial charge < -0.3 is 15.1 Å². The molecule has 1 saturated heterocycles. The Morgan fingerprint density at radius 2 is 1.55 bits per heavy atom. The number of hydrogen-bond donors (Lipinski definition) is 1. The van der Waals surface area contributed by atoms with Crippen molar-refractivity contribution in [3.8, 4) is 0 Å². The SMILES string of the molecule is CCCCCCCC(=O)N1CCN(c2ccc(NC(=O)c3ccccc3C)cc2)CC1. The highest BCUT2D eigenvalue weighted by atomic mass is 16.2. The van der Waals surface area contributed by atoms with Crippen LogP contribution in [0.25, 0.3) is 0 Å². The average molecular weight is 422 g/mol. The van der Waals surface area contributed by atoms with Crippen molar-refractivity contribution in [2.45, 2.75) is 52.4 Å². The predicted octanol–water partition coefficient (Wildman–Crippen LogP) is 5.26. The van der Waals surface area contributed by atoms with Gasteiger partial charge in [-0.1, -0.05) is 50.8 Å². The molecule has 166 valence electrons. The number of carbonyl (C=O) groups is 2. The lowest BCUT2D eigenvalue weighted by atomic mass is 10.1. The molecular weight excluding hydrogens is 386 g/mol. The molecule has 0 unspecified atom stereocenters. The molecule has 1 aliphatic heterocycles. The minimum absolute atomic E-state index is 0.0901. The molecule has 0 bridgehead atoms. The lowest BCUT2D eigenvalue weighted by Gasteiger charge is -2.36. The van der Waals surface area contributed by atoms with Crippen LogP contribution in [0, 0.1) is 6.92 Å². The summed E-state index contributed by atoms with van der Waals surface area (Å²) < 4.78 is 0. The van der Waals surface area contributed by atoms with Crippen LogP contribution in [-0.2, 0) is 4.79 Å². The number of hydrogen-bond acceptors (Lipinski definition) is 3. The van der Waals surface area contributed by atoms with Gasteiger partial charge in [0, 0.05) is 49.5 Å². The highest BCUT2D eigenvalue weighted by Gasteiger charge is 2.21. The summed E-state index contributed by atoms with van der Waals surface area (Å²) in [5.74, 6) is 0.207. The molecule has 5 nitrogen and oxygen atoms in total. The number of carbonyl (C=O) groups excluding carboxylic acids is 2. The van der Waals surface area contributed by atoms with Crippen molar-refractivity contribution < 1.29 is 9.59 Å². The van der Waals surface area contributed by atoms with Gasteiger partial charge in [0.05, 0.1) is 0 Å². The molecule has 5 heteroatoms. The van der Waals surface area contributed by atoms with E-state index in [4.69, 9.17) is 0 Å². The molecule has 1 heterocycles. The van der Waals surface area contributed by atoms with Crippen LogP contribution >= 0.6 is 0 Å². The van der Waals surface area contributed by atoms with E-state index in [0.29, 0.717) is 17.9 Å². The second kappa shape index (κ2) is 11.5. The number of nitrogens with zero attached hydrogens (tertiary/aromatic N) is 2. The quantitative estimate of drug-likeness (QED) is 0.562. The number of nitrogens with one attached hydrogen (secondary N) is 1. The normalized spacial score (nSPS) is 13.9. The van der Waals surface area contributed by atoms with Gasteiger partial charge in [-0.3, -0.25) is 9.59 Å². The van der Waals surface area contributed by atoms with Crippen LogP contribution in [0.1, 0.15) is 61.4 Å². The van der Waals surface area contributed by atoms with Crippen molar-refractivity contribution in [2.24, 2.45) is 0 Å². The molecule has 0 aromatic heterocycles. The highest BCUT2D eigenvalue weighted by molar-refractivity contribution is 6.05. The number of anilines is 2. The number of unbranched alkanes of at least 4 members (excludes halogenated alkanes) is 4. The molecule has 2 aromatic rings. The van der Waals surface area contributed by atoms with E-state index >= 15 is 0 Å². The lowest BCUT2D eigenvalue weighted by molar-refractivity contribution is -0.131. The van der Waals surface area contributed by atoms with Crippen LogP contribution in [0.5, 0.6) is 0 Å². The Morgan fingerprint density at radius 1 is 0.871 bits per heavy atom. The summed E-state index contributed by atoms with van der Waals surface area (Å²) in [6, 6.07) is 15.6. The Kier molecular flexibility index (Phi) is 8.51. The molecule has 1 aliphatic rings. The standard InChI is InChI=1S/C26H35N3O2/c1-3-4-5-6-7-12-25(30)29-19-17-28(18-20-29)23-15-13-22(14-16-23)27-26(31)24-11-9-8-10-21(24)2/h8-11,13-16H,3-7,12,17-20H2,1-2H3,(H,27,31). The third-order valence-corrected chi connectivity index (χ3v) is 6.01. The Morgan fingerprint density at radius 3 is 2.23 bits per heavy atom. The zero-order valence-corrected chi connectivity index (χ0v) is 18.9. The molecule has 1 N–H and O–H groups in total. The molecule has 0 atom stereocenters. The van der Waals surface area contributed by atoms with Crippen molar-refractivity contribution in [2.75, 3.05) is 36.4 Å². The lowest BCUT2D eigenvalue weighted by Crippen LogP contribution is -2.48. The molecule has 2 amide bonds. The Hall–Kier alpha value is -2.82. The molecule has 0 radical (unpaired) electrons. The van der Waals surface area contributed by atoms with Gasteiger partial charge in [-0.2, -0.15) is 0 Å². The number of rotatable bonds is 9. The molecular formula is C26H35N3O2. The third-order valence-electron chi connectivity index (χ3n) is 6.01. The Bertz CT molecular complexity index is 855. The van der Waals surface area contributed by atoms with Gasteiger partial charge in [0.15, 0.2) is 0 Å². The zero-order valence-electron chi connectivity index (χ0n) is 18.9. The van der Waals surface area contributed by atoms with Crippen molar-refractivity contribution >= 4 is 23.2 Å². The minimum Gasteiger partial charge on any atom is -0.368 e. The first-order chi connectivity index (χ1) is 15.1. The van der Waals surface area contributed by atoms with E-state index in [2.05, 4.69) is 17.1 Å². The van der Waals surface area contributed by atoms with E-state index in [-0.39, 0.29) is 5.91 Å². The summed E-state index contributed by atoms with van der Waals surface area (Å²) in [6.45, 7) is 7.39. The van der Waals surface area contributed by atoms with Gasteiger partial charge in [-0.05, 0) is 49.2 Å². The van der Waals surface area contributed by atoms with Gasteiger partial charge in [0.1, 0.15) is 0 Å². The van der Waals surface area contributed by atoms with Crippen molar-refractivity contribution in [1.29, 1.82) is 0 Å². The smallest absolute Gasteiger partial charge is 0.255 e. The largest absolute Gasteiger partial charge is 0.368 e. The summed E-state index contributed by atoms with van der Waals surface area (Å²) in [5, 5.41) is 2.97. The number of aryl methyl sites for hydroxylation is 1. The maximum atomic E-state index is 12.5. The molecule has 31 heavy (non-hydrogen) atoms. The van der Waals surface area contributed by atoms with Crippen LogP contribution in [-0.4, -0.2) is 42.9 Å². The van der Waals surface area contributed by atoms with E-state index in [1.165, 1.54) is 19.3 Å². The maximum absolute atomic E-state index is 12.5. The van der Waals surface area contributed by atoms with Crippen LogP contribution < -0.4 is 10.2 Å². The van der Waals surface area contributed by atoms with Crippen LogP contribution in [0.3, 0.4) is 0 Å². The van der Waals surface area contributed by atoms with Crippen LogP contribution in [0.2, 0.25) is 0 Å². The van der Waals surface area contributed by atoms with Gasteiger partial charge in [0.2, 0.25) is 5.91 Å². The fourth-order valence-corrected chi connectivity index (χ4v) is 4.03. The molecule has 0 spiro atoms. The topological polar surface area (TPSA) is 52.7 Å². The number of amides is 2. The van der Waals surface area contributed by atoms with E-state index in [1.807, 2.05) is 60.4 Å². The van der Waals surface area contributed by atoms with Gasteiger partial charge in [-0.25, -0.2) is 0 Å². The third kappa shape index (κ3) is 6.58. The van der Waals surface area contributed by atoms with E-state index in [1.54, 1.807) is 0 Å². The van der Waals surface area contributed by atoms with Crippen LogP contribution in [0.4, 0.5) is 11.4 Å². The number of benzene rings is 2. The maximum Gasteiger partial charge on any atom is 0.255 e. The van der Waals surface area contributed by atoms with E-state index in [0.717, 1.165) is 56.0 Å². The van der Waals surface area contributed by atoms with Gasteiger partial charge >= 0.3 is 0 Å². The average Bonchev–Trinajstić information content (AvgIpc) is 2.79. The second-order valence-corrected chi connectivity index (χ2v) is 8.35. The summed E-state index contributed by atoms with van der Waals surface area (Å²) in [7, 11) is 0. The summed E-state index contributed by atoms with van der Waals surface area (Å²) in [5.41, 5.74) is 3.57. The van der Waals surface area contributed by atoms with Crippen molar-refractivity contribution in [1.82, 2.24) is 4.90 Å². The molecule has 2 aromatic carbocycles. The fraction of sp³-hybridized carbons (Fsp3) is 0.462. The molecule has 0 saturated carbocycles. The molecule has 3 rings (SSSR count). The fourth-order valence-electron chi connectivity index (χ4n) is 4.03. The van der Waals surface area contributed by atoms with E-state index in [9.17, 15) is 9.59 Å². The number of piperazine rings is 1. The first-order valence-corrected chi connectivity index (χ1v) is 11.6. The van der Waals surface area contributed by atoms with E-state index < -0.39 is 0 Å². The first kappa shape index (κ1) is 22.9. The first-order valence-electron chi connectivity index (χ1n) is 11.6. The van der Waals surface area contributed by atoms with Crippen molar-refractivity contribution in [3.05, 3.63) is 59.7 Å². The second-order valence-electron chi connectivity index (χ2n) is 8.35. The van der Waals surface area contributed by atoms with Gasteiger partial charge in [-0.15, -0.1) is 0 Å². The monoisotopic (exact) mass is 421 g/mol. The Labute approximate surface area is 186 Å². The molecule has 0 aliphatic carbocycles. The zero-order chi connectivity index (χ0) is 22.1. The molecule has 1 fully saturated rings. The summed E-state index contributed by atoms with van der Waals surface area (Å²) in [6.07, 6.45) is 6.58. The summed E-state index contributed by atoms with van der Waals surface area (Å²) >= 11 is 0. The predicted molar refractivity (Wildman–Crippen MR) is 128 cm³/mol.